The second kappa shape index (κ2) is 35.3. The molecule has 0 radical (unpaired) electrons. The quantitative estimate of drug-likeness (QED) is 0.0177. The lowest BCUT2D eigenvalue weighted by Gasteiger charge is -2.29. The summed E-state index contributed by atoms with van der Waals surface area (Å²) in [5.74, 6) is -14.6. The SMILES string of the molecule is COc1ccc2c(c1F)C(=O)N(C[C@@]1(c3cc4cc(C5(C)NC(=O)CC5=O)c(F)cc4o3)NC(=O)NC1=O)C2.COc1ccc2c(c1F)C(=O)N(C[C@@]1(c3cc4cc5c(cc4o3)C(=O)CCC5)CC(=O)NC1=O)C2.COc1ccc2c(c1F)C(=O)N(C[C@@]1(c3cc4nc(C5(C)NC(=O)CC5=O)ccc4o3)NC(=O)NC1=O)C2.COc1ccc2c(c1F)C(=O)N(C[C@@]1(c3cc4nc(N5CC(=O)NC5=O)c(F)cc4o3)NC(=O)NC1=O)C2. The van der Waals surface area contributed by atoms with Crippen molar-refractivity contribution in [2.45, 2.75) is 112 Å². The lowest BCUT2D eigenvalue weighted by molar-refractivity contribution is -0.128. The normalized spacial score (nSPS) is 22.8. The number of hydrogen-bond donors (Lipinski definition) is 10. The van der Waals surface area contributed by atoms with Gasteiger partial charge in [-0.25, -0.2) is 55.5 Å². The molecule has 1 aliphatic carbocycles. The van der Waals surface area contributed by atoms with Crippen LogP contribution in [0.3, 0.4) is 0 Å². The highest BCUT2D eigenvalue weighted by Gasteiger charge is 2.60. The van der Waals surface area contributed by atoms with Crippen LogP contribution in [0, 0.1) is 34.9 Å². The zero-order valence-electron chi connectivity index (χ0n) is 79.0. The molecule has 6 aromatic carbocycles. The predicted octanol–water partition coefficient (Wildman–Crippen LogP) is 6.59. The summed E-state index contributed by atoms with van der Waals surface area (Å²) in [6, 6.07) is 24.1. The summed E-state index contributed by atoms with van der Waals surface area (Å²) < 4.78 is 133. The zero-order chi connectivity index (χ0) is 106. The third-order valence-corrected chi connectivity index (χ3v) is 28.5. The first-order valence-electron chi connectivity index (χ1n) is 45.9. The number of carbonyl (C=O) groups is 19. The molecule has 0 saturated carbocycles. The minimum atomic E-state index is -1.96. The molecule has 7 fully saturated rings. The van der Waals surface area contributed by atoms with Gasteiger partial charge in [0.15, 0.2) is 103 Å². The Bertz CT molecular complexity index is 8260. The van der Waals surface area contributed by atoms with E-state index in [1.165, 1.54) is 123 Å². The van der Waals surface area contributed by atoms with Crippen LogP contribution in [0.15, 0.2) is 133 Å². The number of ketones is 3. The van der Waals surface area contributed by atoms with E-state index in [0.29, 0.717) is 45.2 Å². The van der Waals surface area contributed by atoms with Gasteiger partial charge in [-0.2, -0.15) is 0 Å². The first kappa shape index (κ1) is 97.4. The summed E-state index contributed by atoms with van der Waals surface area (Å²) in [4.78, 5) is 253. The van der Waals surface area contributed by atoms with Crippen LogP contribution < -0.4 is 77.0 Å². The van der Waals surface area contributed by atoms with Gasteiger partial charge in [-0.1, -0.05) is 24.3 Å². The molecule has 6 aromatic heterocycles. The molecule has 0 spiro atoms. The van der Waals surface area contributed by atoms with E-state index in [4.69, 9.17) is 36.6 Å². The van der Waals surface area contributed by atoms with Crippen molar-refractivity contribution in [3.63, 3.8) is 0 Å². The largest absolute Gasteiger partial charge is 0.494 e. The average molecular weight is 2060 g/mol. The summed E-state index contributed by atoms with van der Waals surface area (Å²) >= 11 is 0. The number of ether oxygens (including phenoxy) is 4. The van der Waals surface area contributed by atoms with Gasteiger partial charge < -0.3 is 82.8 Å². The minimum Gasteiger partial charge on any atom is -0.494 e. The lowest BCUT2D eigenvalue weighted by atomic mass is 9.82. The van der Waals surface area contributed by atoms with Gasteiger partial charge in [0.1, 0.15) is 74.1 Å². The van der Waals surface area contributed by atoms with Gasteiger partial charge >= 0.3 is 24.1 Å². The third kappa shape index (κ3) is 15.5. The molecule has 12 aromatic rings. The van der Waals surface area contributed by atoms with E-state index in [1.807, 2.05) is 11.4 Å². The number of aromatic nitrogens is 2. The van der Waals surface area contributed by atoms with Gasteiger partial charge in [-0.15, -0.1) is 0 Å². The number of methoxy groups -OCH3 is 4. The first-order chi connectivity index (χ1) is 71.4. The first-order valence-corrected chi connectivity index (χ1v) is 45.9. The van der Waals surface area contributed by atoms with E-state index >= 15 is 4.39 Å². The van der Waals surface area contributed by atoms with E-state index in [9.17, 15) is 113 Å². The summed E-state index contributed by atoms with van der Waals surface area (Å²) in [5.41, 5.74) is -6.70. The Kier molecular flexibility index (Phi) is 22.9. The summed E-state index contributed by atoms with van der Waals surface area (Å²) in [7, 11) is 5.13. The highest BCUT2D eigenvalue weighted by atomic mass is 19.1. The Balaban J connectivity index is 0.000000117. The number of fused-ring (bicyclic) bond motifs is 9. The Labute approximate surface area is 836 Å². The van der Waals surface area contributed by atoms with Crippen molar-refractivity contribution in [2.75, 3.05) is 66.1 Å². The van der Waals surface area contributed by atoms with Crippen LogP contribution in [0.5, 0.6) is 23.0 Å². The number of anilines is 1. The van der Waals surface area contributed by atoms with E-state index in [-0.39, 0.29) is 176 Å². The Morgan fingerprint density at radius 3 is 1.21 bits per heavy atom. The number of halogens is 6. The van der Waals surface area contributed by atoms with Crippen LogP contribution in [0.4, 0.5) is 51.3 Å². The smallest absolute Gasteiger partial charge is 0.330 e. The van der Waals surface area contributed by atoms with Crippen molar-refractivity contribution >= 4 is 162 Å². The third-order valence-electron chi connectivity index (χ3n) is 28.5. The number of benzene rings is 6. The van der Waals surface area contributed by atoms with Crippen molar-refractivity contribution < 1.29 is 154 Å². The number of furan rings is 4. The fraction of sp³-hybridized carbons (Fsp3) is 0.270. The Hall–Kier alpha value is -18.7. The molecule has 17 heterocycles. The van der Waals surface area contributed by atoms with Gasteiger partial charge in [-0.3, -0.25) is 103 Å². The highest BCUT2D eigenvalue weighted by Crippen LogP contribution is 2.47. The number of hydrogen-bond acceptors (Lipinski definition) is 29. The van der Waals surface area contributed by atoms with Gasteiger partial charge in [0, 0.05) is 85.3 Å². The molecule has 20 amide bonds. The molecular weight excluding hydrogens is 1990 g/mol. The molecule has 11 aliphatic heterocycles. The van der Waals surface area contributed by atoms with E-state index < -0.39 is 201 Å². The molecule has 0 bridgehead atoms. The monoisotopic (exact) mass is 2060 g/mol. The maximum absolute atomic E-state index is 15.2. The summed E-state index contributed by atoms with van der Waals surface area (Å²) in [6.45, 7) is 1.02. The van der Waals surface area contributed by atoms with E-state index in [2.05, 4.69) is 57.8 Å². The van der Waals surface area contributed by atoms with Crippen LogP contribution >= 0.6 is 0 Å². The number of amides is 20. The maximum atomic E-state index is 15.2. The van der Waals surface area contributed by atoms with Crippen molar-refractivity contribution in [1.82, 2.24) is 82.7 Å². The fourth-order valence-corrected chi connectivity index (χ4v) is 20.8. The van der Waals surface area contributed by atoms with Crippen LogP contribution in [-0.2, 0) is 114 Å². The van der Waals surface area contributed by atoms with Gasteiger partial charge in [0.25, 0.3) is 41.4 Å². The number of nitrogens with one attached hydrogen (secondary N) is 10. The molecule has 6 atom stereocenters. The van der Waals surface area contributed by atoms with Crippen molar-refractivity contribution in [1.29, 1.82) is 0 Å². The number of Topliss-reactive ketones (excluding diaryl/α,β-unsaturated/α-hetero) is 3. The number of imide groups is 5. The maximum Gasteiger partial charge on any atom is 0.330 e. The van der Waals surface area contributed by atoms with Crippen molar-refractivity contribution in [2.24, 2.45) is 0 Å². The topological polar surface area (TPSA) is 576 Å². The zero-order valence-corrected chi connectivity index (χ0v) is 79.0. The van der Waals surface area contributed by atoms with E-state index in [0.717, 1.165) is 40.3 Å². The Morgan fingerprint density at radius 1 is 0.367 bits per heavy atom. The van der Waals surface area contributed by atoms with Crippen LogP contribution in [0.1, 0.15) is 160 Å². The highest BCUT2D eigenvalue weighted by molar-refractivity contribution is 6.16. The number of carbonyl (C=O) groups excluding carboxylic acids is 19. The van der Waals surface area contributed by atoms with Gasteiger partial charge in [0.05, 0.1) is 95.3 Å². The molecule has 44 nitrogen and oxygen atoms in total. The van der Waals surface area contributed by atoms with E-state index in [1.54, 1.807) is 31.2 Å². The van der Waals surface area contributed by atoms with Crippen molar-refractivity contribution in [3.05, 3.63) is 240 Å². The number of nitrogens with zero attached hydrogens (tertiary/aromatic N) is 7. The summed E-state index contributed by atoms with van der Waals surface area (Å²) in [6.07, 6.45) is 1.17. The fourth-order valence-electron chi connectivity index (χ4n) is 20.8. The number of rotatable bonds is 19. The summed E-state index contributed by atoms with van der Waals surface area (Å²) in [5, 5.41) is 24.4. The standard InChI is InChI=1S/C26H20F2N4O7.C26H21FN2O6.C25H20FN5O7.C23H16F2N6O7/c1-25(17(33)8-19(34)30-25)13-5-12-6-18(39-16(12)7-14(13)27)26(23(36)29-24(37)31-26)10-32-9-11-3-4-15(38-2)21(28)20(11)22(32)35;1-34-18-6-5-14-11-29(24(32)22(14)23(18)27)12-26(10-21(31)28-25(26)33)20-8-15-7-13-3-2-4-17(30)16(13)9-19(15)35-20;1-24(16(32)8-18(33)29-24)15-6-5-13-12(27-15)7-17(38-13)25(22(35)28-23(36)30-25)10-31-9-11-3-4-14(37-2)20(26)19(11)21(31)34;1-37-12-3-2-9-6-30(19(33)16(9)17(12)25)8-23(20(34)28-21(35)29-23)14-5-11-13(38-14)4-10(24)18(26-11)31-7-15(32)27-22(31)36/h3-7H,8-10H2,1-2H3,(H,30,34)(H2,29,31,36,37);5-9H,2-4,10-12H2,1H3,(H,28,31,33);3-7H,8-10H2,1-2H3,(H,29,33)(H2,28,30,35,36);2-5H,6-8H2,1H3,(H,27,32,36)(H2,28,29,34,35)/t25?,26-;26-;24?,25-;23-/m0100/s1. The molecule has 24 rings (SSSR count). The molecule has 12 aliphatic rings. The molecular formula is C100H77F6N17O27. The van der Waals surface area contributed by atoms with Crippen LogP contribution in [0.2, 0.25) is 0 Å². The minimum absolute atomic E-state index is 0.00342. The Morgan fingerprint density at radius 2 is 0.780 bits per heavy atom. The van der Waals surface area contributed by atoms with Gasteiger partial charge in [-0.05, 0) is 121 Å². The molecule has 7 saturated heterocycles. The number of aryl methyl sites for hydroxylation is 1. The van der Waals surface area contributed by atoms with Crippen LogP contribution in [-0.4, -0.2) is 203 Å². The molecule has 2 unspecified atom stereocenters. The number of urea groups is 4. The van der Waals surface area contributed by atoms with Gasteiger partial charge in [0.2, 0.25) is 29.5 Å². The molecule has 50 heteroatoms. The molecule has 150 heavy (non-hydrogen) atoms. The number of pyridine rings is 2. The molecule has 766 valence electrons. The second-order valence-electron chi connectivity index (χ2n) is 37.6. The second-order valence-corrected chi connectivity index (χ2v) is 37.6. The van der Waals surface area contributed by atoms with Crippen molar-refractivity contribution in [3.8, 4) is 23.0 Å². The van der Waals surface area contributed by atoms with Crippen LogP contribution in [0.25, 0.3) is 44.1 Å². The molecule has 10 N–H and O–H groups in total. The predicted molar refractivity (Wildman–Crippen MR) is 494 cm³/mol. The average Bonchev–Trinajstić information content (AvgIpc) is 1.59. The lowest BCUT2D eigenvalue weighted by Crippen LogP contribution is -2.52.